The van der Waals surface area contributed by atoms with Gasteiger partial charge >= 0.3 is 0 Å². The minimum atomic E-state index is -0.130. The van der Waals surface area contributed by atoms with Crippen molar-refractivity contribution >= 4 is 11.6 Å². The van der Waals surface area contributed by atoms with Gasteiger partial charge < -0.3 is 9.84 Å². The van der Waals surface area contributed by atoms with Gasteiger partial charge in [0.1, 0.15) is 0 Å². The van der Waals surface area contributed by atoms with E-state index in [0.717, 1.165) is 41.1 Å². The average molecular weight is 361 g/mol. The predicted octanol–water partition coefficient (Wildman–Crippen LogP) is 5.26. The Kier molecular flexibility index (Phi) is 4.75. The molecule has 1 amide bonds. The molecule has 138 valence electrons. The van der Waals surface area contributed by atoms with Crippen molar-refractivity contribution in [2.45, 2.75) is 45.4 Å². The molecule has 27 heavy (non-hydrogen) atoms. The Morgan fingerprint density at radius 2 is 1.81 bits per heavy atom. The first-order valence-corrected chi connectivity index (χ1v) is 9.43. The molecule has 1 saturated carbocycles. The maximum Gasteiger partial charge on any atom is 0.255 e. The van der Waals surface area contributed by atoms with Crippen LogP contribution in [0.5, 0.6) is 0 Å². The maximum absolute atomic E-state index is 12.5. The lowest BCUT2D eigenvalue weighted by molar-refractivity contribution is 0.102. The van der Waals surface area contributed by atoms with Crippen molar-refractivity contribution in [3.05, 3.63) is 65.0 Å². The number of nitrogens with zero attached hydrogens (tertiary/aromatic N) is 2. The van der Waals surface area contributed by atoms with Gasteiger partial charge in [-0.2, -0.15) is 4.98 Å². The van der Waals surface area contributed by atoms with Gasteiger partial charge in [0.2, 0.25) is 11.7 Å². The van der Waals surface area contributed by atoms with Crippen LogP contribution in [-0.2, 0) is 0 Å². The monoisotopic (exact) mass is 361 g/mol. The molecule has 0 spiro atoms. The van der Waals surface area contributed by atoms with Crippen molar-refractivity contribution < 1.29 is 9.32 Å². The Morgan fingerprint density at radius 1 is 1.07 bits per heavy atom. The molecular weight excluding hydrogens is 338 g/mol. The highest BCUT2D eigenvalue weighted by atomic mass is 16.5. The molecule has 4 rings (SSSR count). The second kappa shape index (κ2) is 7.35. The summed E-state index contributed by atoms with van der Waals surface area (Å²) in [5, 5.41) is 7.09. The Hall–Kier alpha value is -2.95. The minimum absolute atomic E-state index is 0.130. The molecule has 0 unspecified atom stereocenters. The summed E-state index contributed by atoms with van der Waals surface area (Å²) < 4.78 is 5.44. The van der Waals surface area contributed by atoms with Crippen LogP contribution in [-0.4, -0.2) is 16.0 Å². The summed E-state index contributed by atoms with van der Waals surface area (Å²) in [6.45, 7) is 3.99. The lowest BCUT2D eigenvalue weighted by atomic mass is 10.1. The van der Waals surface area contributed by atoms with Gasteiger partial charge in [-0.25, -0.2) is 0 Å². The number of carbonyl (C=O) groups is 1. The number of aryl methyl sites for hydroxylation is 2. The summed E-state index contributed by atoms with van der Waals surface area (Å²) in [4.78, 5) is 17.1. The lowest BCUT2D eigenvalue weighted by Crippen LogP contribution is -2.12. The quantitative estimate of drug-likeness (QED) is 0.688. The summed E-state index contributed by atoms with van der Waals surface area (Å²) >= 11 is 0. The summed E-state index contributed by atoms with van der Waals surface area (Å²) in [5.74, 6) is 1.58. The Labute approximate surface area is 158 Å². The third-order valence-corrected chi connectivity index (χ3v) is 5.19. The topological polar surface area (TPSA) is 68.0 Å². The largest absolute Gasteiger partial charge is 0.339 e. The molecule has 1 fully saturated rings. The fourth-order valence-corrected chi connectivity index (χ4v) is 3.53. The van der Waals surface area contributed by atoms with Gasteiger partial charge in [-0.3, -0.25) is 4.79 Å². The van der Waals surface area contributed by atoms with Crippen LogP contribution in [0, 0.1) is 13.8 Å². The molecule has 5 nitrogen and oxygen atoms in total. The van der Waals surface area contributed by atoms with Gasteiger partial charge in [-0.15, -0.1) is 0 Å². The van der Waals surface area contributed by atoms with Crippen LogP contribution in [0.1, 0.15) is 59.0 Å². The number of anilines is 1. The third kappa shape index (κ3) is 3.77. The number of benzene rings is 2. The van der Waals surface area contributed by atoms with E-state index < -0.39 is 0 Å². The maximum atomic E-state index is 12.5. The van der Waals surface area contributed by atoms with Gasteiger partial charge in [0.25, 0.3) is 5.91 Å². The number of rotatable bonds is 4. The van der Waals surface area contributed by atoms with Gasteiger partial charge in [-0.1, -0.05) is 42.3 Å². The number of carbonyl (C=O) groups excluding carboxylic acids is 1. The van der Waals surface area contributed by atoms with E-state index in [1.54, 1.807) is 12.1 Å². The molecule has 0 bridgehead atoms. The van der Waals surface area contributed by atoms with Gasteiger partial charge in [0.15, 0.2) is 0 Å². The zero-order valence-electron chi connectivity index (χ0n) is 15.7. The molecule has 1 aliphatic rings. The molecule has 0 aliphatic heterocycles. The van der Waals surface area contributed by atoms with Crippen molar-refractivity contribution in [2.24, 2.45) is 0 Å². The first kappa shape index (κ1) is 17.5. The highest BCUT2D eigenvalue weighted by Gasteiger charge is 2.23. The average Bonchev–Trinajstić information content (AvgIpc) is 3.36. The normalized spacial score (nSPS) is 14.4. The molecule has 5 heteroatoms. The van der Waals surface area contributed by atoms with Crippen LogP contribution >= 0.6 is 0 Å². The Bertz CT molecular complexity index is 954. The van der Waals surface area contributed by atoms with E-state index in [0.29, 0.717) is 17.3 Å². The number of aromatic nitrogens is 2. The molecule has 1 aliphatic carbocycles. The fourth-order valence-electron chi connectivity index (χ4n) is 3.53. The van der Waals surface area contributed by atoms with Crippen molar-refractivity contribution in [1.29, 1.82) is 0 Å². The van der Waals surface area contributed by atoms with Gasteiger partial charge in [0.05, 0.1) is 0 Å². The Morgan fingerprint density at radius 3 is 2.56 bits per heavy atom. The predicted molar refractivity (Wildman–Crippen MR) is 105 cm³/mol. The van der Waals surface area contributed by atoms with E-state index in [2.05, 4.69) is 15.5 Å². The van der Waals surface area contributed by atoms with Gasteiger partial charge in [0, 0.05) is 22.7 Å². The first-order chi connectivity index (χ1) is 13.1. The molecule has 1 heterocycles. The van der Waals surface area contributed by atoms with Crippen molar-refractivity contribution in [1.82, 2.24) is 10.1 Å². The molecule has 0 radical (unpaired) electrons. The summed E-state index contributed by atoms with van der Waals surface area (Å²) in [6, 6.07) is 13.3. The molecule has 3 aromatic rings. The van der Waals surface area contributed by atoms with Gasteiger partial charge in [-0.05, 0) is 56.0 Å². The first-order valence-electron chi connectivity index (χ1n) is 9.43. The number of amides is 1. The molecule has 1 aromatic heterocycles. The molecule has 2 aromatic carbocycles. The van der Waals surface area contributed by atoms with Crippen LogP contribution in [0.4, 0.5) is 5.69 Å². The smallest absolute Gasteiger partial charge is 0.255 e. The zero-order valence-corrected chi connectivity index (χ0v) is 15.7. The minimum Gasteiger partial charge on any atom is -0.339 e. The number of nitrogens with one attached hydrogen (secondary N) is 1. The molecule has 1 N–H and O–H groups in total. The highest BCUT2D eigenvalue weighted by molar-refractivity contribution is 6.04. The molecular formula is C22H23N3O2. The third-order valence-electron chi connectivity index (χ3n) is 5.19. The second-order valence-corrected chi connectivity index (χ2v) is 7.29. The SMILES string of the molecule is Cc1ccc(C)c(NC(=O)c2ccc(-c3noc(C4CCCC4)n3)cc2)c1. The van der Waals surface area contributed by atoms with Crippen molar-refractivity contribution in [3.8, 4) is 11.4 Å². The lowest BCUT2D eigenvalue weighted by Gasteiger charge is -2.09. The van der Waals surface area contributed by atoms with E-state index in [1.807, 2.05) is 44.2 Å². The van der Waals surface area contributed by atoms with E-state index >= 15 is 0 Å². The van der Waals surface area contributed by atoms with E-state index in [-0.39, 0.29) is 5.91 Å². The number of hydrogen-bond acceptors (Lipinski definition) is 4. The van der Waals surface area contributed by atoms with E-state index in [9.17, 15) is 4.79 Å². The summed E-state index contributed by atoms with van der Waals surface area (Å²) in [6.07, 6.45) is 4.71. The van der Waals surface area contributed by atoms with Crippen LogP contribution in [0.2, 0.25) is 0 Å². The van der Waals surface area contributed by atoms with E-state index in [4.69, 9.17) is 4.52 Å². The summed E-state index contributed by atoms with van der Waals surface area (Å²) in [7, 11) is 0. The zero-order chi connectivity index (χ0) is 18.8. The van der Waals surface area contributed by atoms with E-state index in [1.165, 1.54) is 12.8 Å². The molecule has 0 saturated heterocycles. The van der Waals surface area contributed by atoms with Crippen LogP contribution in [0.15, 0.2) is 47.0 Å². The summed E-state index contributed by atoms with van der Waals surface area (Å²) in [5.41, 5.74) is 4.44. The van der Waals surface area contributed by atoms with Crippen LogP contribution in [0.25, 0.3) is 11.4 Å². The second-order valence-electron chi connectivity index (χ2n) is 7.29. The van der Waals surface area contributed by atoms with Crippen LogP contribution in [0.3, 0.4) is 0 Å². The van der Waals surface area contributed by atoms with Crippen LogP contribution < -0.4 is 5.32 Å². The Balaban J connectivity index is 1.48. The van der Waals surface area contributed by atoms with Crippen molar-refractivity contribution in [2.75, 3.05) is 5.32 Å². The van der Waals surface area contributed by atoms with Crippen molar-refractivity contribution in [3.63, 3.8) is 0 Å². The standard InChI is InChI=1S/C22H23N3O2/c1-14-7-8-15(2)19(13-14)23-21(26)17-11-9-16(10-12-17)20-24-22(27-25-20)18-5-3-4-6-18/h7-13,18H,3-6H2,1-2H3,(H,23,26). The molecule has 0 atom stereocenters. The fraction of sp³-hybridized carbons (Fsp3) is 0.318. The number of hydrogen-bond donors (Lipinski definition) is 1. The highest BCUT2D eigenvalue weighted by Crippen LogP contribution is 2.33.